The third-order valence-corrected chi connectivity index (χ3v) is 10.1. The minimum Gasteiger partial charge on any atom is -0.309 e. The zero-order valence-corrected chi connectivity index (χ0v) is 29.4. The average Bonchev–Trinajstić information content (AvgIpc) is 3.74. The lowest BCUT2D eigenvalue weighted by Crippen LogP contribution is -1.94. The predicted octanol–water partition coefficient (Wildman–Crippen LogP) is 13.9. The first kappa shape index (κ1) is 31.3. The minimum atomic E-state index is 1.16. The van der Waals surface area contributed by atoms with Gasteiger partial charge in [0.15, 0.2) is 0 Å². The van der Waals surface area contributed by atoms with Crippen molar-refractivity contribution in [2.24, 2.45) is 0 Å². The van der Waals surface area contributed by atoms with Crippen LogP contribution in [0.3, 0.4) is 0 Å². The Bertz CT molecular complexity index is 2840. The highest BCUT2D eigenvalue weighted by molar-refractivity contribution is 6.12. The summed E-state index contributed by atoms with van der Waals surface area (Å²) in [7, 11) is 0. The topological polar surface area (TPSA) is 9.86 Å². The third kappa shape index (κ3) is 5.28. The summed E-state index contributed by atoms with van der Waals surface area (Å²) in [5.41, 5.74) is 14.5. The molecule has 2 heteroatoms. The van der Waals surface area contributed by atoms with E-state index in [0.717, 1.165) is 5.69 Å². The quantitative estimate of drug-likeness (QED) is 0.173. The van der Waals surface area contributed by atoms with Crippen LogP contribution >= 0.6 is 0 Å². The highest BCUT2D eigenvalue weighted by Gasteiger charge is 2.16. The molecule has 0 N–H and O–H groups in total. The summed E-state index contributed by atoms with van der Waals surface area (Å²) in [6.07, 6.45) is 0. The molecule has 10 rings (SSSR count). The molecule has 0 aliphatic rings. The molecule has 0 spiro atoms. The van der Waals surface area contributed by atoms with Gasteiger partial charge in [-0.3, -0.25) is 0 Å². The van der Waals surface area contributed by atoms with Crippen LogP contribution in [0.15, 0.2) is 194 Å². The molecule has 2 heterocycles. The van der Waals surface area contributed by atoms with Crippen LogP contribution in [0.4, 0.5) is 0 Å². The van der Waals surface area contributed by atoms with E-state index in [0.29, 0.717) is 0 Å². The summed E-state index contributed by atoms with van der Waals surface area (Å²) in [4.78, 5) is 0. The molecule has 0 amide bonds. The monoisotopic (exact) mass is 666 g/mol. The van der Waals surface area contributed by atoms with Gasteiger partial charge in [0.05, 0.1) is 22.1 Å². The molecule has 0 unspecified atom stereocenters. The number of fused-ring (bicyclic) bond motifs is 6. The van der Waals surface area contributed by atoms with E-state index in [1.807, 2.05) is 13.8 Å². The zero-order chi connectivity index (χ0) is 35.0. The van der Waals surface area contributed by atoms with Crippen molar-refractivity contribution in [1.82, 2.24) is 9.13 Å². The number of benzene rings is 8. The Hall–Kier alpha value is -6.64. The fraction of sp³-hybridized carbons (Fsp3) is 0.0400. The first-order valence-corrected chi connectivity index (χ1v) is 18.2. The number of para-hydroxylation sites is 3. The van der Waals surface area contributed by atoms with Crippen LogP contribution < -0.4 is 0 Å². The molecular formula is C50H38N2. The Kier molecular flexibility index (Phi) is 7.98. The van der Waals surface area contributed by atoms with Crippen LogP contribution in [0.1, 0.15) is 13.8 Å². The summed E-state index contributed by atoms with van der Waals surface area (Å²) >= 11 is 0. The van der Waals surface area contributed by atoms with Gasteiger partial charge in [-0.1, -0.05) is 147 Å². The summed E-state index contributed by atoms with van der Waals surface area (Å²) in [6, 6.07) is 70.4. The molecule has 248 valence electrons. The van der Waals surface area contributed by atoms with Gasteiger partial charge in [0.25, 0.3) is 0 Å². The molecular weight excluding hydrogens is 629 g/mol. The second kappa shape index (κ2) is 13.2. The van der Waals surface area contributed by atoms with Gasteiger partial charge in [-0.25, -0.2) is 0 Å². The smallest absolute Gasteiger partial charge is 0.0541 e. The van der Waals surface area contributed by atoms with E-state index in [9.17, 15) is 0 Å². The lowest BCUT2D eigenvalue weighted by atomic mass is 10.00. The fourth-order valence-corrected chi connectivity index (χ4v) is 7.75. The normalized spacial score (nSPS) is 11.3. The highest BCUT2D eigenvalue weighted by atomic mass is 15.0. The standard InChI is InChI=1S/C48H32N2.C2H6/c1-3-12-33(13-4-1)34-22-24-35(25-23-34)36-14-11-17-40(30-36)50-46-21-10-8-19-42(46)44-32-38(27-29-48(44)50)37-26-28-47-43(31-37)41-18-7-9-20-45(41)49(47)39-15-5-2-6-16-39;1-2/h1-32H;1-2H3. The molecule has 0 saturated heterocycles. The molecule has 0 radical (unpaired) electrons. The number of hydrogen-bond acceptors (Lipinski definition) is 0. The Morgan fingerprint density at radius 3 is 1.19 bits per heavy atom. The van der Waals surface area contributed by atoms with E-state index in [1.165, 1.54) is 82.7 Å². The van der Waals surface area contributed by atoms with Crippen molar-refractivity contribution in [1.29, 1.82) is 0 Å². The summed E-state index contributed by atoms with van der Waals surface area (Å²) in [5, 5.41) is 5.03. The van der Waals surface area contributed by atoms with Gasteiger partial charge in [-0.05, 0) is 94.0 Å². The first-order chi connectivity index (χ1) is 25.8. The Morgan fingerprint density at radius 1 is 0.250 bits per heavy atom. The van der Waals surface area contributed by atoms with Crippen LogP contribution in [0.2, 0.25) is 0 Å². The number of nitrogens with zero attached hydrogens (tertiary/aromatic N) is 2. The molecule has 52 heavy (non-hydrogen) atoms. The van der Waals surface area contributed by atoms with Crippen molar-refractivity contribution < 1.29 is 0 Å². The van der Waals surface area contributed by atoms with E-state index in [4.69, 9.17) is 0 Å². The van der Waals surface area contributed by atoms with Crippen molar-refractivity contribution >= 4 is 43.6 Å². The van der Waals surface area contributed by atoms with Crippen molar-refractivity contribution in [3.05, 3.63) is 194 Å². The average molecular weight is 667 g/mol. The van der Waals surface area contributed by atoms with Gasteiger partial charge in [0.2, 0.25) is 0 Å². The molecule has 10 aromatic rings. The maximum atomic E-state index is 2.41. The molecule has 0 saturated carbocycles. The van der Waals surface area contributed by atoms with E-state index in [1.54, 1.807) is 0 Å². The second-order valence-electron chi connectivity index (χ2n) is 13.0. The van der Waals surface area contributed by atoms with Gasteiger partial charge in [0.1, 0.15) is 0 Å². The summed E-state index contributed by atoms with van der Waals surface area (Å²) in [6.45, 7) is 4.00. The van der Waals surface area contributed by atoms with Crippen molar-refractivity contribution in [2.45, 2.75) is 13.8 Å². The fourth-order valence-electron chi connectivity index (χ4n) is 7.75. The van der Waals surface area contributed by atoms with Gasteiger partial charge in [0, 0.05) is 32.9 Å². The second-order valence-corrected chi connectivity index (χ2v) is 13.0. The van der Waals surface area contributed by atoms with E-state index < -0.39 is 0 Å². The number of hydrogen-bond donors (Lipinski definition) is 0. The Labute approximate surface area is 304 Å². The predicted molar refractivity (Wildman–Crippen MR) is 223 cm³/mol. The van der Waals surface area contributed by atoms with E-state index >= 15 is 0 Å². The van der Waals surface area contributed by atoms with Crippen molar-refractivity contribution in [3.8, 4) is 44.8 Å². The summed E-state index contributed by atoms with van der Waals surface area (Å²) < 4.78 is 4.78. The number of aromatic nitrogens is 2. The minimum absolute atomic E-state index is 1.16. The van der Waals surface area contributed by atoms with Crippen LogP contribution in [0.25, 0.3) is 88.4 Å². The van der Waals surface area contributed by atoms with Gasteiger partial charge < -0.3 is 9.13 Å². The molecule has 0 fully saturated rings. The lowest BCUT2D eigenvalue weighted by molar-refractivity contribution is 1.18. The third-order valence-electron chi connectivity index (χ3n) is 10.1. The first-order valence-electron chi connectivity index (χ1n) is 18.2. The number of rotatable bonds is 5. The van der Waals surface area contributed by atoms with Gasteiger partial charge >= 0.3 is 0 Å². The molecule has 2 nitrogen and oxygen atoms in total. The Morgan fingerprint density at radius 2 is 0.615 bits per heavy atom. The highest BCUT2D eigenvalue weighted by Crippen LogP contribution is 2.38. The van der Waals surface area contributed by atoms with Crippen LogP contribution in [0.5, 0.6) is 0 Å². The van der Waals surface area contributed by atoms with Crippen LogP contribution in [-0.4, -0.2) is 9.13 Å². The molecule has 0 bridgehead atoms. The van der Waals surface area contributed by atoms with Gasteiger partial charge in [-0.15, -0.1) is 0 Å². The molecule has 2 aromatic heterocycles. The van der Waals surface area contributed by atoms with E-state index in [-0.39, 0.29) is 0 Å². The van der Waals surface area contributed by atoms with Crippen molar-refractivity contribution in [2.75, 3.05) is 0 Å². The SMILES string of the molecule is CC.c1ccc(-c2ccc(-c3cccc(-n4c5ccccc5c5cc(-c6ccc7c(c6)c6ccccc6n7-c6ccccc6)ccc54)c3)cc2)cc1. The maximum absolute atomic E-state index is 2.41. The maximum Gasteiger partial charge on any atom is 0.0541 e. The van der Waals surface area contributed by atoms with E-state index in [2.05, 4.69) is 203 Å². The largest absolute Gasteiger partial charge is 0.309 e. The molecule has 0 atom stereocenters. The zero-order valence-electron chi connectivity index (χ0n) is 29.4. The molecule has 0 aliphatic carbocycles. The molecule has 8 aromatic carbocycles. The lowest BCUT2D eigenvalue weighted by Gasteiger charge is -2.11. The summed E-state index contributed by atoms with van der Waals surface area (Å²) in [5.74, 6) is 0. The molecule has 0 aliphatic heterocycles. The van der Waals surface area contributed by atoms with Gasteiger partial charge in [-0.2, -0.15) is 0 Å². The van der Waals surface area contributed by atoms with Crippen LogP contribution in [0, 0.1) is 0 Å². The van der Waals surface area contributed by atoms with Crippen LogP contribution in [-0.2, 0) is 0 Å². The Balaban J connectivity index is 0.00000177. The van der Waals surface area contributed by atoms with Crippen molar-refractivity contribution in [3.63, 3.8) is 0 Å².